The Kier molecular flexibility index (Phi) is 5.49. The predicted octanol–water partition coefficient (Wildman–Crippen LogP) is 3.01. The van der Waals surface area contributed by atoms with Crippen molar-refractivity contribution in [3.63, 3.8) is 0 Å². The Labute approximate surface area is 109 Å². The topological polar surface area (TPSA) is 20.3 Å². The highest BCUT2D eigenvalue weighted by Crippen LogP contribution is 2.11. The summed E-state index contributed by atoms with van der Waals surface area (Å²) < 4.78 is 0. The van der Waals surface area contributed by atoms with Gasteiger partial charge >= 0.3 is 0 Å². The van der Waals surface area contributed by atoms with Crippen LogP contribution in [0.3, 0.4) is 0 Å². The van der Waals surface area contributed by atoms with Crippen molar-refractivity contribution in [1.29, 1.82) is 0 Å². The molecule has 1 rings (SSSR count). The number of hydrogen-bond donors (Lipinski definition) is 0. The number of nitrogens with zero attached hydrogens (tertiary/aromatic N) is 1. The summed E-state index contributed by atoms with van der Waals surface area (Å²) in [6.45, 7) is 6.68. The first kappa shape index (κ1) is 14.0. The summed E-state index contributed by atoms with van der Waals surface area (Å²) in [4.78, 5) is 14.0. The number of carbonyl (C=O) groups is 1. The number of amides is 1. The lowest BCUT2D eigenvalue weighted by Gasteiger charge is -2.26. The van der Waals surface area contributed by atoms with Crippen molar-refractivity contribution in [3.8, 4) is 0 Å². The van der Waals surface area contributed by atoms with Gasteiger partial charge in [-0.15, -0.1) is 11.6 Å². The first-order valence-electron chi connectivity index (χ1n) is 5.96. The molecule has 0 aromatic heterocycles. The summed E-state index contributed by atoms with van der Waals surface area (Å²) in [5, 5.41) is 0. The minimum Gasteiger partial charge on any atom is -0.339 e. The second-order valence-corrected chi connectivity index (χ2v) is 4.85. The first-order valence-corrected chi connectivity index (χ1v) is 6.49. The Morgan fingerprint density at radius 1 is 1.35 bits per heavy atom. The average molecular weight is 254 g/mol. The molecule has 0 heterocycles. The van der Waals surface area contributed by atoms with Crippen molar-refractivity contribution in [2.24, 2.45) is 0 Å². The molecule has 0 fully saturated rings. The molecule has 0 aliphatic rings. The van der Waals surface area contributed by atoms with Crippen LogP contribution in [0, 0.1) is 6.92 Å². The Morgan fingerprint density at radius 3 is 2.53 bits per heavy atom. The summed E-state index contributed by atoms with van der Waals surface area (Å²) in [7, 11) is 0. The number of benzene rings is 1. The fourth-order valence-electron chi connectivity index (χ4n) is 1.83. The van der Waals surface area contributed by atoms with Gasteiger partial charge in [0.25, 0.3) is 0 Å². The van der Waals surface area contributed by atoms with Crippen molar-refractivity contribution in [3.05, 3.63) is 35.4 Å². The molecule has 0 spiro atoms. The van der Waals surface area contributed by atoms with Crippen LogP contribution in [0.15, 0.2) is 24.3 Å². The van der Waals surface area contributed by atoms with Crippen LogP contribution in [-0.2, 0) is 11.2 Å². The molecule has 0 radical (unpaired) electrons. The minimum atomic E-state index is 0.148. The van der Waals surface area contributed by atoms with Gasteiger partial charge in [0.05, 0.1) is 6.42 Å². The van der Waals surface area contributed by atoms with Gasteiger partial charge in [-0.25, -0.2) is 0 Å². The van der Waals surface area contributed by atoms with Crippen molar-refractivity contribution < 1.29 is 4.79 Å². The van der Waals surface area contributed by atoms with Gasteiger partial charge in [0.2, 0.25) is 5.91 Å². The number of rotatable bonds is 5. The summed E-state index contributed by atoms with van der Waals surface area (Å²) in [6, 6.07) is 8.19. The van der Waals surface area contributed by atoms with Gasteiger partial charge in [0.1, 0.15) is 0 Å². The number of halogens is 1. The SMILES string of the molecule is Cc1ccccc1CC(=O)N(CCCl)C(C)C. The second kappa shape index (κ2) is 6.65. The lowest BCUT2D eigenvalue weighted by atomic mass is 10.0. The van der Waals surface area contributed by atoms with Crippen LogP contribution < -0.4 is 0 Å². The molecule has 0 aliphatic carbocycles. The van der Waals surface area contributed by atoms with Gasteiger partial charge in [-0.3, -0.25) is 4.79 Å². The van der Waals surface area contributed by atoms with E-state index < -0.39 is 0 Å². The molecular weight excluding hydrogens is 234 g/mol. The third-order valence-corrected chi connectivity index (χ3v) is 3.04. The van der Waals surface area contributed by atoms with E-state index in [1.807, 2.05) is 49.9 Å². The quantitative estimate of drug-likeness (QED) is 0.739. The maximum Gasteiger partial charge on any atom is 0.227 e. The molecule has 94 valence electrons. The number of hydrogen-bond acceptors (Lipinski definition) is 1. The van der Waals surface area contributed by atoms with E-state index in [9.17, 15) is 4.79 Å². The number of aryl methyl sites for hydroxylation is 1. The highest BCUT2D eigenvalue weighted by atomic mass is 35.5. The van der Waals surface area contributed by atoms with Gasteiger partial charge in [-0.05, 0) is 31.9 Å². The molecule has 2 nitrogen and oxygen atoms in total. The second-order valence-electron chi connectivity index (χ2n) is 4.47. The van der Waals surface area contributed by atoms with Gasteiger partial charge < -0.3 is 4.90 Å². The van der Waals surface area contributed by atoms with Crippen LogP contribution in [0.4, 0.5) is 0 Å². The van der Waals surface area contributed by atoms with Gasteiger partial charge in [0, 0.05) is 18.5 Å². The van der Waals surface area contributed by atoms with Gasteiger partial charge in [-0.2, -0.15) is 0 Å². The van der Waals surface area contributed by atoms with E-state index in [-0.39, 0.29) is 11.9 Å². The maximum atomic E-state index is 12.2. The number of alkyl halides is 1. The third kappa shape index (κ3) is 4.04. The minimum absolute atomic E-state index is 0.148. The van der Waals surface area contributed by atoms with Crippen LogP contribution in [0.25, 0.3) is 0 Å². The fraction of sp³-hybridized carbons (Fsp3) is 0.500. The van der Waals surface area contributed by atoms with E-state index in [1.54, 1.807) is 0 Å². The molecule has 1 aromatic rings. The molecule has 1 amide bonds. The van der Waals surface area contributed by atoms with Crippen molar-refractivity contribution in [1.82, 2.24) is 4.90 Å². The number of carbonyl (C=O) groups excluding carboxylic acids is 1. The smallest absolute Gasteiger partial charge is 0.227 e. The largest absolute Gasteiger partial charge is 0.339 e. The zero-order chi connectivity index (χ0) is 12.8. The molecule has 17 heavy (non-hydrogen) atoms. The molecule has 0 aliphatic heterocycles. The summed E-state index contributed by atoms with van der Waals surface area (Å²) in [5.74, 6) is 0.632. The van der Waals surface area contributed by atoms with Crippen LogP contribution in [0.5, 0.6) is 0 Å². The Hall–Kier alpha value is -1.02. The van der Waals surface area contributed by atoms with Gasteiger partial charge in [0.15, 0.2) is 0 Å². The summed E-state index contributed by atoms with van der Waals surface area (Å²) in [5.41, 5.74) is 2.26. The Morgan fingerprint density at radius 2 is 2.00 bits per heavy atom. The molecule has 0 saturated carbocycles. The van der Waals surface area contributed by atoms with E-state index in [0.29, 0.717) is 18.8 Å². The summed E-state index contributed by atoms with van der Waals surface area (Å²) >= 11 is 5.72. The summed E-state index contributed by atoms with van der Waals surface area (Å²) in [6.07, 6.45) is 0.460. The van der Waals surface area contributed by atoms with Crippen LogP contribution in [0.1, 0.15) is 25.0 Å². The first-order chi connectivity index (χ1) is 8.06. The lowest BCUT2D eigenvalue weighted by Crippen LogP contribution is -2.39. The normalized spacial score (nSPS) is 10.6. The van der Waals surface area contributed by atoms with Crippen LogP contribution >= 0.6 is 11.6 Å². The van der Waals surface area contributed by atoms with E-state index in [4.69, 9.17) is 11.6 Å². The molecule has 0 atom stereocenters. The third-order valence-electron chi connectivity index (χ3n) is 2.87. The van der Waals surface area contributed by atoms with E-state index in [0.717, 1.165) is 11.1 Å². The van der Waals surface area contributed by atoms with Crippen molar-refractivity contribution >= 4 is 17.5 Å². The maximum absolute atomic E-state index is 12.2. The monoisotopic (exact) mass is 253 g/mol. The van der Waals surface area contributed by atoms with Gasteiger partial charge in [-0.1, -0.05) is 24.3 Å². The Bertz CT molecular complexity index is 376. The standard InChI is InChI=1S/C14H20ClNO/c1-11(2)16(9-8-15)14(17)10-13-7-5-4-6-12(13)3/h4-7,11H,8-10H2,1-3H3. The fourth-order valence-corrected chi connectivity index (χ4v) is 2.02. The van der Waals surface area contributed by atoms with Crippen LogP contribution in [0.2, 0.25) is 0 Å². The Balaban J connectivity index is 2.73. The molecule has 0 saturated heterocycles. The van der Waals surface area contributed by atoms with Crippen molar-refractivity contribution in [2.45, 2.75) is 33.2 Å². The van der Waals surface area contributed by atoms with Crippen molar-refractivity contribution in [2.75, 3.05) is 12.4 Å². The molecule has 1 aromatic carbocycles. The molecule has 0 unspecified atom stereocenters. The lowest BCUT2D eigenvalue weighted by molar-refractivity contribution is -0.131. The molecule has 0 bridgehead atoms. The highest BCUT2D eigenvalue weighted by Gasteiger charge is 2.16. The zero-order valence-corrected chi connectivity index (χ0v) is 11.5. The average Bonchev–Trinajstić information content (AvgIpc) is 2.28. The molecule has 3 heteroatoms. The zero-order valence-electron chi connectivity index (χ0n) is 10.7. The van der Waals surface area contributed by atoms with E-state index >= 15 is 0 Å². The molecular formula is C14H20ClNO. The highest BCUT2D eigenvalue weighted by molar-refractivity contribution is 6.18. The molecule has 0 N–H and O–H groups in total. The van der Waals surface area contributed by atoms with Crippen LogP contribution in [-0.4, -0.2) is 29.3 Å². The van der Waals surface area contributed by atoms with E-state index in [1.165, 1.54) is 0 Å². The van der Waals surface area contributed by atoms with E-state index in [2.05, 4.69) is 0 Å². The predicted molar refractivity (Wildman–Crippen MR) is 72.5 cm³/mol.